The van der Waals surface area contributed by atoms with Gasteiger partial charge < -0.3 is 14.6 Å². The number of fused-ring (bicyclic) bond motifs is 1. The van der Waals surface area contributed by atoms with Gasteiger partial charge in [-0.3, -0.25) is 10.1 Å². The van der Waals surface area contributed by atoms with Gasteiger partial charge in [-0.25, -0.2) is 14.8 Å². The Morgan fingerprint density at radius 1 is 1.17 bits per heavy atom. The fourth-order valence-electron chi connectivity index (χ4n) is 2.70. The lowest BCUT2D eigenvalue weighted by Crippen LogP contribution is -2.00. The normalized spacial score (nSPS) is 10.7. The van der Waals surface area contributed by atoms with Crippen molar-refractivity contribution in [1.29, 1.82) is 0 Å². The van der Waals surface area contributed by atoms with Gasteiger partial charge in [-0.15, -0.1) is 0 Å². The smallest absolute Gasteiger partial charge is 0.337 e. The van der Waals surface area contributed by atoms with E-state index < -0.39 is 10.9 Å². The van der Waals surface area contributed by atoms with Crippen LogP contribution >= 0.6 is 11.3 Å². The van der Waals surface area contributed by atoms with Crippen molar-refractivity contribution >= 4 is 33.3 Å². The Balaban J connectivity index is 1.80. The summed E-state index contributed by atoms with van der Waals surface area (Å²) in [6, 6.07) is 10.4. The van der Waals surface area contributed by atoms with Crippen LogP contribution in [-0.4, -0.2) is 38.1 Å². The number of hydrogen-bond acceptors (Lipinski definition) is 10. The molecule has 4 aromatic rings. The summed E-state index contributed by atoms with van der Waals surface area (Å²) in [5.41, 5.74) is 0.591. The molecular formula is C19H12N4O6S. The highest BCUT2D eigenvalue weighted by molar-refractivity contribution is 7.21. The average Bonchev–Trinajstić information content (AvgIpc) is 3.19. The Bertz CT molecular complexity index is 1270. The van der Waals surface area contributed by atoms with Crippen molar-refractivity contribution in [1.82, 2.24) is 15.0 Å². The molecule has 0 saturated heterocycles. The molecule has 0 aliphatic heterocycles. The minimum atomic E-state index is -0.563. The summed E-state index contributed by atoms with van der Waals surface area (Å²) < 4.78 is 10.5. The second kappa shape index (κ2) is 7.72. The summed E-state index contributed by atoms with van der Waals surface area (Å²) in [4.78, 5) is 35.1. The van der Waals surface area contributed by atoms with Crippen LogP contribution in [-0.2, 0) is 4.74 Å². The summed E-state index contributed by atoms with van der Waals surface area (Å²) in [6.07, 6.45) is 1.20. The second-order valence-electron chi connectivity index (χ2n) is 5.90. The molecule has 0 saturated carbocycles. The molecule has 11 heteroatoms. The Morgan fingerprint density at radius 2 is 1.93 bits per heavy atom. The molecule has 150 valence electrons. The number of nitrogens with zero attached hydrogens (tertiary/aromatic N) is 4. The van der Waals surface area contributed by atoms with Crippen molar-refractivity contribution < 1.29 is 24.3 Å². The average molecular weight is 424 g/mol. The lowest BCUT2D eigenvalue weighted by atomic mass is 10.1. The molecule has 0 atom stereocenters. The molecule has 4 rings (SSSR count). The van der Waals surface area contributed by atoms with Gasteiger partial charge in [-0.05, 0) is 30.3 Å². The van der Waals surface area contributed by atoms with Crippen LogP contribution < -0.4 is 4.74 Å². The number of hydrogen-bond donors (Lipinski definition) is 1. The number of nitro groups is 1. The van der Waals surface area contributed by atoms with Gasteiger partial charge in [-0.1, -0.05) is 17.4 Å². The van der Waals surface area contributed by atoms with Gasteiger partial charge in [-0.2, -0.15) is 4.98 Å². The van der Waals surface area contributed by atoms with Gasteiger partial charge in [0, 0.05) is 6.07 Å². The third kappa shape index (κ3) is 3.49. The summed E-state index contributed by atoms with van der Waals surface area (Å²) in [5.74, 6) is -0.543. The zero-order valence-electron chi connectivity index (χ0n) is 15.3. The predicted molar refractivity (Wildman–Crippen MR) is 107 cm³/mol. The molecule has 0 fully saturated rings. The van der Waals surface area contributed by atoms with E-state index in [0.29, 0.717) is 21.0 Å². The number of esters is 1. The fraction of sp³-hybridized carbons (Fsp3) is 0.0526. The first-order chi connectivity index (χ1) is 14.5. The lowest BCUT2D eigenvalue weighted by Gasteiger charge is -2.10. The number of aromatic hydroxyl groups is 1. The Labute approximate surface area is 172 Å². The minimum absolute atomic E-state index is 0.0279. The van der Waals surface area contributed by atoms with E-state index >= 15 is 0 Å². The highest BCUT2D eigenvalue weighted by Crippen LogP contribution is 2.43. The monoisotopic (exact) mass is 424 g/mol. The topological polar surface area (TPSA) is 138 Å². The van der Waals surface area contributed by atoms with Crippen molar-refractivity contribution in [2.75, 3.05) is 7.11 Å². The van der Waals surface area contributed by atoms with Gasteiger partial charge in [0.1, 0.15) is 17.1 Å². The highest BCUT2D eigenvalue weighted by Gasteiger charge is 2.24. The van der Waals surface area contributed by atoms with E-state index in [1.807, 2.05) is 0 Å². The van der Waals surface area contributed by atoms with Gasteiger partial charge in [0.05, 0.1) is 23.2 Å². The number of carbonyl (C=O) groups excluding carboxylic acids is 1. The van der Waals surface area contributed by atoms with Crippen LogP contribution in [0.3, 0.4) is 0 Å². The molecule has 30 heavy (non-hydrogen) atoms. The van der Waals surface area contributed by atoms with Crippen molar-refractivity contribution in [2.45, 2.75) is 0 Å². The predicted octanol–water partition coefficient (Wildman–Crippen LogP) is 3.95. The van der Waals surface area contributed by atoms with E-state index in [-0.39, 0.29) is 28.6 Å². The maximum absolute atomic E-state index is 11.6. The number of para-hydroxylation sites is 1. The van der Waals surface area contributed by atoms with Crippen LogP contribution in [0.1, 0.15) is 10.4 Å². The molecule has 0 aliphatic carbocycles. The Morgan fingerprint density at radius 3 is 2.60 bits per heavy atom. The van der Waals surface area contributed by atoms with E-state index in [2.05, 4.69) is 19.7 Å². The van der Waals surface area contributed by atoms with Crippen LogP contribution in [0.4, 0.5) is 5.69 Å². The summed E-state index contributed by atoms with van der Waals surface area (Å²) in [6.45, 7) is 0. The standard InChI is InChI=1S/C19H12N4O6S/c1-28-19(25)10-5-7-11(8-6-10)29-15-12(3-2-4-13(15)23(26)27)17-22-14-16(24)20-9-21-18(14)30-17/h2-9H,1H3,(H,20,21,24). The molecule has 2 aromatic heterocycles. The quantitative estimate of drug-likeness (QED) is 0.287. The first kappa shape index (κ1) is 19.2. The molecule has 10 nitrogen and oxygen atoms in total. The maximum atomic E-state index is 11.6. The number of carbonyl (C=O) groups is 1. The molecule has 2 heterocycles. The highest BCUT2D eigenvalue weighted by atomic mass is 32.1. The molecule has 0 amide bonds. The van der Waals surface area contributed by atoms with Crippen LogP contribution in [0.2, 0.25) is 0 Å². The molecular weight excluding hydrogens is 412 g/mol. The van der Waals surface area contributed by atoms with Crippen molar-refractivity contribution in [2.24, 2.45) is 0 Å². The van der Waals surface area contributed by atoms with Gasteiger partial charge in [0.25, 0.3) is 0 Å². The number of benzene rings is 2. The van der Waals surface area contributed by atoms with Crippen LogP contribution in [0.15, 0.2) is 48.8 Å². The zero-order valence-corrected chi connectivity index (χ0v) is 16.1. The lowest BCUT2D eigenvalue weighted by molar-refractivity contribution is -0.385. The van der Waals surface area contributed by atoms with E-state index in [1.54, 1.807) is 6.07 Å². The number of thiazole rings is 1. The number of ether oxygens (including phenoxy) is 2. The number of nitro benzene ring substituents is 1. The molecule has 0 radical (unpaired) electrons. The first-order valence-electron chi connectivity index (χ1n) is 8.42. The maximum Gasteiger partial charge on any atom is 0.337 e. The number of aromatic nitrogens is 3. The van der Waals surface area contributed by atoms with E-state index in [9.17, 15) is 20.0 Å². The summed E-state index contributed by atoms with van der Waals surface area (Å²) in [5, 5.41) is 21.8. The summed E-state index contributed by atoms with van der Waals surface area (Å²) >= 11 is 1.13. The largest absolute Gasteiger partial charge is 0.492 e. The van der Waals surface area contributed by atoms with Crippen LogP contribution in [0.25, 0.3) is 20.9 Å². The molecule has 2 aromatic carbocycles. The molecule has 0 aliphatic rings. The molecule has 0 unspecified atom stereocenters. The van der Waals surface area contributed by atoms with Gasteiger partial charge in [0.15, 0.2) is 10.3 Å². The minimum Gasteiger partial charge on any atom is -0.492 e. The zero-order chi connectivity index (χ0) is 21.3. The van der Waals surface area contributed by atoms with Gasteiger partial charge >= 0.3 is 11.7 Å². The Kier molecular flexibility index (Phi) is 4.94. The van der Waals surface area contributed by atoms with E-state index in [4.69, 9.17) is 4.74 Å². The fourth-order valence-corrected chi connectivity index (χ4v) is 3.62. The molecule has 0 spiro atoms. The van der Waals surface area contributed by atoms with Crippen molar-refractivity contribution in [3.8, 4) is 28.0 Å². The second-order valence-corrected chi connectivity index (χ2v) is 6.88. The number of methoxy groups -OCH3 is 1. The SMILES string of the molecule is COC(=O)c1ccc(Oc2c(-c3nc4c(O)ncnc4s3)cccc2[N+](=O)[O-])cc1. The van der Waals surface area contributed by atoms with Crippen LogP contribution in [0, 0.1) is 10.1 Å². The third-order valence-electron chi connectivity index (χ3n) is 4.09. The van der Waals surface area contributed by atoms with Gasteiger partial charge in [0.2, 0.25) is 11.6 Å². The van der Waals surface area contributed by atoms with Crippen LogP contribution in [0.5, 0.6) is 17.4 Å². The molecule has 1 N–H and O–H groups in total. The molecule has 0 bridgehead atoms. The van der Waals surface area contributed by atoms with Crippen molar-refractivity contribution in [3.05, 3.63) is 64.5 Å². The Hall–Kier alpha value is -4.12. The number of rotatable bonds is 5. The summed E-state index contributed by atoms with van der Waals surface area (Å²) in [7, 11) is 1.27. The van der Waals surface area contributed by atoms with Crippen molar-refractivity contribution in [3.63, 3.8) is 0 Å². The third-order valence-corrected chi connectivity index (χ3v) is 5.09. The van der Waals surface area contributed by atoms with E-state index in [1.165, 1.54) is 49.8 Å². The van der Waals surface area contributed by atoms with E-state index in [0.717, 1.165) is 11.3 Å². The first-order valence-corrected chi connectivity index (χ1v) is 9.24.